The van der Waals surface area contributed by atoms with Crippen LogP contribution < -0.4 is 5.32 Å². The second-order valence-corrected chi connectivity index (χ2v) is 7.51. The number of rotatable bonds is 3. The minimum atomic E-state index is -0.838. The van der Waals surface area contributed by atoms with Crippen LogP contribution in [0.15, 0.2) is 24.3 Å². The van der Waals surface area contributed by atoms with Crippen molar-refractivity contribution in [3.05, 3.63) is 35.4 Å². The number of nitrogens with zero attached hydrogens (tertiary/aromatic N) is 2. The van der Waals surface area contributed by atoms with Crippen LogP contribution in [0.1, 0.15) is 41.6 Å². The zero-order valence-electron chi connectivity index (χ0n) is 15.7. The first-order valence-electron chi connectivity index (χ1n) is 9.58. The Morgan fingerprint density at radius 3 is 2.30 bits per heavy atom. The summed E-state index contributed by atoms with van der Waals surface area (Å²) in [6.07, 6.45) is 2.76. The first-order valence-corrected chi connectivity index (χ1v) is 9.58. The van der Waals surface area contributed by atoms with Crippen molar-refractivity contribution >= 4 is 17.9 Å². The van der Waals surface area contributed by atoms with Gasteiger partial charge in [-0.1, -0.05) is 17.7 Å². The van der Waals surface area contributed by atoms with E-state index in [1.165, 1.54) is 0 Å². The third-order valence-corrected chi connectivity index (χ3v) is 5.47. The van der Waals surface area contributed by atoms with E-state index >= 15 is 0 Å². The summed E-state index contributed by atoms with van der Waals surface area (Å²) in [7, 11) is 0. The Hall–Kier alpha value is -2.57. The third-order valence-electron chi connectivity index (χ3n) is 5.47. The highest BCUT2D eigenvalue weighted by molar-refractivity contribution is 5.94. The number of urea groups is 1. The average Bonchev–Trinajstić information content (AvgIpc) is 2.68. The van der Waals surface area contributed by atoms with Gasteiger partial charge in [0.15, 0.2) is 0 Å². The van der Waals surface area contributed by atoms with Crippen molar-refractivity contribution in [2.75, 3.05) is 26.2 Å². The van der Waals surface area contributed by atoms with Gasteiger partial charge in [-0.3, -0.25) is 9.59 Å². The molecule has 0 radical (unpaired) electrons. The van der Waals surface area contributed by atoms with Crippen molar-refractivity contribution in [2.45, 2.75) is 38.6 Å². The molecular weight excluding hydrogens is 346 g/mol. The molecule has 1 unspecified atom stereocenters. The van der Waals surface area contributed by atoms with E-state index in [-0.39, 0.29) is 24.5 Å². The molecule has 1 atom stereocenters. The van der Waals surface area contributed by atoms with Crippen LogP contribution in [0.5, 0.6) is 0 Å². The van der Waals surface area contributed by atoms with Gasteiger partial charge in [0, 0.05) is 37.8 Å². The van der Waals surface area contributed by atoms with E-state index in [0.717, 1.165) is 5.56 Å². The van der Waals surface area contributed by atoms with Crippen LogP contribution in [0.4, 0.5) is 4.79 Å². The molecule has 2 aliphatic heterocycles. The molecule has 3 amide bonds. The minimum Gasteiger partial charge on any atom is -0.481 e. The van der Waals surface area contributed by atoms with Crippen LogP contribution in [0.2, 0.25) is 0 Å². The van der Waals surface area contributed by atoms with Gasteiger partial charge in [-0.2, -0.15) is 0 Å². The summed E-state index contributed by atoms with van der Waals surface area (Å²) in [6.45, 7) is 4.07. The molecule has 146 valence electrons. The number of carboxylic acids is 1. The normalized spacial score (nSPS) is 21.0. The monoisotopic (exact) mass is 373 g/mol. The Morgan fingerprint density at radius 2 is 1.67 bits per heavy atom. The molecule has 2 heterocycles. The van der Waals surface area contributed by atoms with Crippen molar-refractivity contribution in [1.82, 2.24) is 15.1 Å². The molecule has 27 heavy (non-hydrogen) atoms. The van der Waals surface area contributed by atoms with E-state index in [2.05, 4.69) is 5.32 Å². The molecule has 2 aliphatic rings. The topological polar surface area (TPSA) is 90.0 Å². The zero-order valence-corrected chi connectivity index (χ0v) is 15.7. The lowest BCUT2D eigenvalue weighted by Crippen LogP contribution is -2.52. The molecule has 2 fully saturated rings. The summed E-state index contributed by atoms with van der Waals surface area (Å²) in [6, 6.07) is 7.39. The van der Waals surface area contributed by atoms with Gasteiger partial charge in [0.2, 0.25) is 0 Å². The minimum absolute atomic E-state index is 0.0183. The van der Waals surface area contributed by atoms with Gasteiger partial charge in [-0.25, -0.2) is 4.79 Å². The molecule has 1 aromatic rings. The van der Waals surface area contributed by atoms with Crippen molar-refractivity contribution in [3.8, 4) is 0 Å². The third kappa shape index (κ3) is 4.78. The summed E-state index contributed by atoms with van der Waals surface area (Å²) < 4.78 is 0. The number of hydrogen-bond donors (Lipinski definition) is 2. The molecule has 0 aliphatic carbocycles. The number of carboxylic acid groups (broad SMARTS) is 1. The molecule has 0 saturated carbocycles. The zero-order chi connectivity index (χ0) is 19.4. The number of nitrogens with one attached hydrogen (secondary N) is 1. The SMILES string of the molecule is Cc1ccc(C(=O)N2CCC(NC(=O)N3CCCC(C(=O)O)C3)CC2)cc1. The van der Waals surface area contributed by atoms with Crippen molar-refractivity contribution < 1.29 is 19.5 Å². The van der Waals surface area contributed by atoms with Crippen LogP contribution in [0, 0.1) is 12.8 Å². The van der Waals surface area contributed by atoms with Crippen molar-refractivity contribution in [3.63, 3.8) is 0 Å². The summed E-state index contributed by atoms with van der Waals surface area (Å²) in [5.74, 6) is -1.28. The number of carbonyl (C=O) groups is 3. The van der Waals surface area contributed by atoms with Crippen LogP contribution in [0.3, 0.4) is 0 Å². The molecule has 0 bridgehead atoms. The predicted octanol–water partition coefficient (Wildman–Crippen LogP) is 2.11. The highest BCUT2D eigenvalue weighted by Crippen LogP contribution is 2.18. The first kappa shape index (κ1) is 19.2. The molecule has 0 spiro atoms. The Morgan fingerprint density at radius 1 is 1.00 bits per heavy atom. The summed E-state index contributed by atoms with van der Waals surface area (Å²) in [5, 5.41) is 12.2. The lowest BCUT2D eigenvalue weighted by molar-refractivity contribution is -0.143. The number of hydrogen-bond acceptors (Lipinski definition) is 3. The Balaban J connectivity index is 1.47. The van der Waals surface area contributed by atoms with Gasteiger partial charge < -0.3 is 20.2 Å². The van der Waals surface area contributed by atoms with Crippen LogP contribution >= 0.6 is 0 Å². The Bertz CT molecular complexity index is 696. The fraction of sp³-hybridized carbons (Fsp3) is 0.550. The smallest absolute Gasteiger partial charge is 0.317 e. The average molecular weight is 373 g/mol. The van der Waals surface area contributed by atoms with E-state index in [1.807, 2.05) is 36.1 Å². The highest BCUT2D eigenvalue weighted by atomic mass is 16.4. The molecule has 7 heteroatoms. The summed E-state index contributed by atoms with van der Waals surface area (Å²) in [4.78, 5) is 39.6. The molecular formula is C20H27N3O4. The Kier molecular flexibility index (Phi) is 5.98. The maximum Gasteiger partial charge on any atom is 0.317 e. The van der Waals surface area contributed by atoms with E-state index in [0.29, 0.717) is 50.9 Å². The fourth-order valence-electron chi connectivity index (χ4n) is 3.73. The van der Waals surface area contributed by atoms with Crippen molar-refractivity contribution in [2.24, 2.45) is 5.92 Å². The van der Waals surface area contributed by atoms with E-state index in [4.69, 9.17) is 5.11 Å². The van der Waals surface area contributed by atoms with E-state index < -0.39 is 11.9 Å². The highest BCUT2D eigenvalue weighted by Gasteiger charge is 2.30. The Labute approximate surface area is 159 Å². The maximum atomic E-state index is 12.6. The van der Waals surface area contributed by atoms with Gasteiger partial charge in [-0.05, 0) is 44.7 Å². The van der Waals surface area contributed by atoms with Gasteiger partial charge in [0.25, 0.3) is 5.91 Å². The number of carbonyl (C=O) groups excluding carboxylic acids is 2. The molecule has 1 aromatic carbocycles. The molecule has 2 N–H and O–H groups in total. The number of aryl methyl sites for hydroxylation is 1. The van der Waals surface area contributed by atoms with Crippen molar-refractivity contribution in [1.29, 1.82) is 0 Å². The lowest BCUT2D eigenvalue weighted by atomic mass is 9.98. The first-order chi connectivity index (χ1) is 12.9. The second-order valence-electron chi connectivity index (χ2n) is 7.51. The number of aliphatic carboxylic acids is 1. The molecule has 2 saturated heterocycles. The number of amides is 3. The summed E-state index contributed by atoms with van der Waals surface area (Å²) >= 11 is 0. The molecule has 7 nitrogen and oxygen atoms in total. The van der Waals surface area contributed by atoms with Crippen LogP contribution in [0.25, 0.3) is 0 Å². The number of likely N-dealkylation sites (tertiary alicyclic amines) is 2. The summed E-state index contributed by atoms with van der Waals surface area (Å²) in [5.41, 5.74) is 1.81. The van der Waals surface area contributed by atoms with Gasteiger partial charge >= 0.3 is 12.0 Å². The molecule has 3 rings (SSSR count). The molecule has 0 aromatic heterocycles. The van der Waals surface area contributed by atoms with Crippen LogP contribution in [-0.2, 0) is 4.79 Å². The maximum absolute atomic E-state index is 12.6. The fourth-order valence-corrected chi connectivity index (χ4v) is 3.73. The van der Waals surface area contributed by atoms with Crippen LogP contribution in [-0.4, -0.2) is 65.0 Å². The van der Waals surface area contributed by atoms with Gasteiger partial charge in [-0.15, -0.1) is 0 Å². The van der Waals surface area contributed by atoms with Gasteiger partial charge in [0.1, 0.15) is 0 Å². The predicted molar refractivity (Wildman–Crippen MR) is 101 cm³/mol. The standard InChI is InChI=1S/C20H27N3O4/c1-14-4-6-15(7-5-14)18(24)22-11-8-17(9-12-22)21-20(27)23-10-2-3-16(13-23)19(25)26/h4-7,16-17H,2-3,8-13H2,1H3,(H,21,27)(H,25,26). The lowest BCUT2D eigenvalue weighted by Gasteiger charge is -2.35. The second kappa shape index (κ2) is 8.41. The quantitative estimate of drug-likeness (QED) is 0.849. The van der Waals surface area contributed by atoms with E-state index in [9.17, 15) is 14.4 Å². The number of benzene rings is 1. The number of piperidine rings is 2. The van der Waals surface area contributed by atoms with Gasteiger partial charge in [0.05, 0.1) is 5.92 Å². The van der Waals surface area contributed by atoms with E-state index in [1.54, 1.807) is 4.90 Å². The largest absolute Gasteiger partial charge is 0.481 e.